The van der Waals surface area contributed by atoms with Gasteiger partial charge in [0.15, 0.2) is 0 Å². The molecule has 0 aliphatic heterocycles. The number of hydrogen-bond acceptors (Lipinski definition) is 5. The summed E-state index contributed by atoms with van der Waals surface area (Å²) in [6.07, 6.45) is 3.72. The second-order valence-electron chi connectivity index (χ2n) is 5.12. The molecule has 0 aromatic heterocycles. The molecule has 5 nitrogen and oxygen atoms in total. The highest BCUT2D eigenvalue weighted by molar-refractivity contribution is 7.90. The van der Waals surface area contributed by atoms with Crippen LogP contribution < -0.4 is 11.3 Å². The first kappa shape index (κ1) is 18.8. The van der Waals surface area contributed by atoms with Crippen LogP contribution >= 0.6 is 0 Å². The topological polar surface area (TPSA) is 75.4 Å². The molecule has 0 saturated heterocycles. The summed E-state index contributed by atoms with van der Waals surface area (Å²) in [7, 11) is -2.96. The van der Waals surface area contributed by atoms with Gasteiger partial charge in [-0.15, -0.1) is 0 Å². The van der Waals surface area contributed by atoms with E-state index in [2.05, 4.69) is 38.0 Å². The molecule has 0 amide bonds. The van der Waals surface area contributed by atoms with Crippen LogP contribution in [0.5, 0.6) is 0 Å². The summed E-state index contributed by atoms with van der Waals surface area (Å²) in [5, 5.41) is 0. The Labute approximate surface area is 118 Å². The number of likely N-dealkylation sites (N-methyl/N-ethyl adjacent to an activating group) is 1. The van der Waals surface area contributed by atoms with Crippen molar-refractivity contribution in [3.63, 3.8) is 0 Å². The number of nitrogens with zero attached hydrogens (tertiary/aromatic N) is 1. The Bertz CT molecular complexity index is 336. The van der Waals surface area contributed by atoms with Gasteiger partial charge in [0.1, 0.15) is 9.84 Å². The normalized spacial score (nSPS) is 14.9. The first-order chi connectivity index (χ1) is 8.81. The van der Waals surface area contributed by atoms with Gasteiger partial charge in [-0.3, -0.25) is 16.2 Å². The van der Waals surface area contributed by atoms with Gasteiger partial charge in [-0.2, -0.15) is 0 Å². The van der Waals surface area contributed by atoms with Crippen LogP contribution in [0.2, 0.25) is 0 Å². The molecule has 0 aromatic rings. The van der Waals surface area contributed by atoms with Gasteiger partial charge < -0.3 is 0 Å². The van der Waals surface area contributed by atoms with Crippen molar-refractivity contribution in [1.29, 1.82) is 0 Å². The summed E-state index contributed by atoms with van der Waals surface area (Å²) in [4.78, 5) is 2.39. The van der Waals surface area contributed by atoms with Crippen LogP contribution in [-0.2, 0) is 9.84 Å². The van der Waals surface area contributed by atoms with E-state index in [4.69, 9.17) is 5.84 Å². The number of nitrogens with two attached hydrogens (primary N) is 1. The average Bonchev–Trinajstić information content (AvgIpc) is 2.36. The Morgan fingerprint density at radius 2 is 1.63 bits per heavy atom. The van der Waals surface area contributed by atoms with Gasteiger partial charge in [0.2, 0.25) is 0 Å². The second-order valence-corrected chi connectivity index (χ2v) is 7.38. The molecule has 0 aliphatic rings. The zero-order valence-corrected chi connectivity index (χ0v) is 13.9. The predicted molar refractivity (Wildman–Crippen MR) is 81.7 cm³/mol. The Hall–Kier alpha value is -0.170. The van der Waals surface area contributed by atoms with Gasteiger partial charge in [-0.25, -0.2) is 8.42 Å². The molecule has 1 atom stereocenters. The monoisotopic (exact) mass is 293 g/mol. The second kappa shape index (κ2) is 8.19. The molecular formula is C13H31N3O2S. The van der Waals surface area contributed by atoms with Crippen molar-refractivity contribution in [3.8, 4) is 0 Å². The molecule has 3 N–H and O–H groups in total. The summed E-state index contributed by atoms with van der Waals surface area (Å²) in [6.45, 7) is 10.4. The lowest BCUT2D eigenvalue weighted by molar-refractivity contribution is 0.0481. The minimum absolute atomic E-state index is 0.0166. The van der Waals surface area contributed by atoms with E-state index in [1.54, 1.807) is 0 Å². The molecule has 1 unspecified atom stereocenters. The maximum atomic E-state index is 11.4. The van der Waals surface area contributed by atoms with Crippen LogP contribution in [0.25, 0.3) is 0 Å². The molecule has 6 heteroatoms. The van der Waals surface area contributed by atoms with Crippen molar-refractivity contribution in [1.82, 2.24) is 10.3 Å². The minimum atomic E-state index is -2.96. The van der Waals surface area contributed by atoms with E-state index >= 15 is 0 Å². The van der Waals surface area contributed by atoms with Crippen LogP contribution in [-0.4, -0.2) is 50.0 Å². The molecule has 0 aliphatic carbocycles. The maximum Gasteiger partial charge on any atom is 0.147 e. The summed E-state index contributed by atoms with van der Waals surface area (Å²) in [6, 6.07) is -0.0166. The average molecular weight is 293 g/mol. The fraction of sp³-hybridized carbons (Fsp3) is 1.00. The van der Waals surface area contributed by atoms with Crippen molar-refractivity contribution in [2.24, 2.45) is 5.84 Å². The van der Waals surface area contributed by atoms with Crippen LogP contribution in [0.1, 0.15) is 47.0 Å². The number of hydrogen-bond donors (Lipinski definition) is 2. The molecule has 116 valence electrons. The molecule has 0 heterocycles. The Kier molecular flexibility index (Phi) is 8.12. The third-order valence-corrected chi connectivity index (χ3v) is 5.22. The number of sulfone groups is 1. The molecule has 0 saturated carbocycles. The van der Waals surface area contributed by atoms with E-state index in [-0.39, 0.29) is 17.3 Å². The quantitative estimate of drug-likeness (QED) is 0.467. The molecule has 0 radical (unpaired) electrons. The van der Waals surface area contributed by atoms with Crippen LogP contribution in [0.15, 0.2) is 0 Å². The molecule has 0 aromatic carbocycles. The molecule has 0 rings (SSSR count). The highest BCUT2D eigenvalue weighted by Gasteiger charge is 2.39. The zero-order chi connectivity index (χ0) is 15.1. The van der Waals surface area contributed by atoms with Gasteiger partial charge in [0.05, 0.1) is 5.75 Å². The number of hydrazine groups is 1. The van der Waals surface area contributed by atoms with Crippen LogP contribution in [0.3, 0.4) is 0 Å². The van der Waals surface area contributed by atoms with Gasteiger partial charge in [-0.05, 0) is 32.4 Å². The van der Waals surface area contributed by atoms with E-state index in [1.165, 1.54) is 6.26 Å². The van der Waals surface area contributed by atoms with Crippen LogP contribution in [0, 0.1) is 0 Å². The Balaban J connectivity index is 5.19. The molecular weight excluding hydrogens is 262 g/mol. The SMILES string of the molecule is CCN(CC)C(CC)(CC)C(CCS(C)(=O)=O)NN. The van der Waals surface area contributed by atoms with E-state index in [0.29, 0.717) is 6.42 Å². The lowest BCUT2D eigenvalue weighted by Gasteiger charge is -2.47. The fourth-order valence-electron chi connectivity index (χ4n) is 3.10. The number of nitrogens with one attached hydrogen (secondary N) is 1. The first-order valence-electron chi connectivity index (χ1n) is 7.20. The summed E-state index contributed by atoms with van der Waals surface area (Å²) in [5.41, 5.74) is 2.78. The lowest BCUT2D eigenvalue weighted by atomic mass is 9.81. The number of rotatable bonds is 10. The summed E-state index contributed by atoms with van der Waals surface area (Å²) in [5.74, 6) is 5.89. The third kappa shape index (κ3) is 5.02. The van der Waals surface area contributed by atoms with Crippen molar-refractivity contribution < 1.29 is 8.42 Å². The van der Waals surface area contributed by atoms with E-state index in [0.717, 1.165) is 25.9 Å². The highest BCUT2D eigenvalue weighted by Crippen LogP contribution is 2.29. The fourth-order valence-corrected chi connectivity index (χ4v) is 3.77. The summed E-state index contributed by atoms with van der Waals surface area (Å²) >= 11 is 0. The van der Waals surface area contributed by atoms with E-state index < -0.39 is 9.84 Å². The standard InChI is InChI=1S/C13H31N3O2S/c1-6-13(7-2,16(8-3)9-4)12(15-14)10-11-19(5,17)18/h12,15H,6-11,14H2,1-5H3. The molecule has 0 spiro atoms. The van der Waals surface area contributed by atoms with Crippen molar-refractivity contribution in [2.75, 3.05) is 25.1 Å². The molecule has 19 heavy (non-hydrogen) atoms. The molecule has 0 fully saturated rings. The van der Waals surface area contributed by atoms with Gasteiger partial charge in [0, 0.05) is 17.8 Å². The van der Waals surface area contributed by atoms with Crippen molar-refractivity contribution in [2.45, 2.75) is 58.5 Å². The molecule has 0 bridgehead atoms. The predicted octanol–water partition coefficient (Wildman–Crippen LogP) is 1.15. The minimum Gasteiger partial charge on any atom is -0.297 e. The maximum absolute atomic E-state index is 11.4. The Morgan fingerprint density at radius 1 is 1.16 bits per heavy atom. The van der Waals surface area contributed by atoms with Crippen molar-refractivity contribution >= 4 is 9.84 Å². The van der Waals surface area contributed by atoms with Crippen LogP contribution in [0.4, 0.5) is 0 Å². The smallest absolute Gasteiger partial charge is 0.147 e. The van der Waals surface area contributed by atoms with Gasteiger partial charge >= 0.3 is 0 Å². The Morgan fingerprint density at radius 3 is 1.89 bits per heavy atom. The van der Waals surface area contributed by atoms with E-state index in [1.807, 2.05) is 0 Å². The first-order valence-corrected chi connectivity index (χ1v) is 9.26. The largest absolute Gasteiger partial charge is 0.297 e. The zero-order valence-electron chi connectivity index (χ0n) is 13.1. The van der Waals surface area contributed by atoms with Gasteiger partial charge in [-0.1, -0.05) is 27.7 Å². The summed E-state index contributed by atoms with van der Waals surface area (Å²) < 4.78 is 22.8. The van der Waals surface area contributed by atoms with E-state index in [9.17, 15) is 8.42 Å². The van der Waals surface area contributed by atoms with Gasteiger partial charge in [0.25, 0.3) is 0 Å². The lowest BCUT2D eigenvalue weighted by Crippen LogP contribution is -2.62. The van der Waals surface area contributed by atoms with Crippen molar-refractivity contribution in [3.05, 3.63) is 0 Å². The highest BCUT2D eigenvalue weighted by atomic mass is 32.2. The third-order valence-electron chi connectivity index (χ3n) is 4.24.